The summed E-state index contributed by atoms with van der Waals surface area (Å²) in [6.07, 6.45) is 10.9. The fourth-order valence-electron chi connectivity index (χ4n) is 10.6. The molecule has 1 aromatic heterocycles. The summed E-state index contributed by atoms with van der Waals surface area (Å²) in [5, 5.41) is 7.82. The number of nitrogens with one attached hydrogen (secondary N) is 1. The Bertz CT molecular complexity index is 1390. The van der Waals surface area contributed by atoms with Crippen LogP contribution in [0.2, 0.25) is 0 Å². The van der Waals surface area contributed by atoms with E-state index in [-0.39, 0.29) is 56.7 Å². The summed E-state index contributed by atoms with van der Waals surface area (Å²) in [4.78, 5) is 36.4. The average molecular weight is 529 g/mol. The molecule has 3 saturated carbocycles. The predicted octanol–water partition coefficient (Wildman–Crippen LogP) is 6.94. The average Bonchev–Trinajstić information content (AvgIpc) is 3.29. The van der Waals surface area contributed by atoms with Crippen molar-refractivity contribution in [3.05, 3.63) is 46.5 Å². The van der Waals surface area contributed by atoms with E-state index in [9.17, 15) is 9.59 Å². The molecule has 5 aliphatic carbocycles. The summed E-state index contributed by atoms with van der Waals surface area (Å²) in [5.74, 6) is 2.08. The Morgan fingerprint density at radius 3 is 2.33 bits per heavy atom. The van der Waals surface area contributed by atoms with Gasteiger partial charge in [-0.2, -0.15) is 5.10 Å². The molecular weight excluding hydrogens is 484 g/mol. The van der Waals surface area contributed by atoms with E-state index < -0.39 is 10.8 Å². The van der Waals surface area contributed by atoms with Gasteiger partial charge in [0.05, 0.1) is 6.57 Å². The van der Waals surface area contributed by atoms with Crippen LogP contribution in [0.25, 0.3) is 4.85 Å². The van der Waals surface area contributed by atoms with Gasteiger partial charge in [0.1, 0.15) is 5.82 Å². The van der Waals surface area contributed by atoms with Crippen LogP contribution in [0.5, 0.6) is 0 Å². The van der Waals surface area contributed by atoms with Crippen LogP contribution < -0.4 is 0 Å². The third-order valence-electron chi connectivity index (χ3n) is 12.9. The van der Waals surface area contributed by atoms with Gasteiger partial charge in [0.2, 0.25) is 5.70 Å². The molecule has 0 amide bonds. The van der Waals surface area contributed by atoms with Crippen molar-refractivity contribution in [2.24, 2.45) is 44.8 Å². The van der Waals surface area contributed by atoms with Gasteiger partial charge in [0.25, 0.3) is 0 Å². The van der Waals surface area contributed by atoms with Crippen LogP contribution in [0.4, 0.5) is 0 Å². The van der Waals surface area contributed by atoms with Crippen LogP contribution in [0, 0.1) is 58.3 Å². The summed E-state index contributed by atoms with van der Waals surface area (Å²) in [6.45, 7) is 25.4. The maximum Gasteiger partial charge on any atom is 0.226 e. The van der Waals surface area contributed by atoms with Crippen molar-refractivity contribution in [3.8, 4) is 0 Å². The van der Waals surface area contributed by atoms with Crippen molar-refractivity contribution in [2.75, 3.05) is 0 Å². The number of fused-ring (bicyclic) bond motifs is 7. The first-order chi connectivity index (χ1) is 18.1. The second-order valence-corrected chi connectivity index (χ2v) is 15.6. The number of nitrogens with zero attached hydrogens (tertiary/aromatic N) is 3. The SMILES string of the molecule is [C-]#[N+]C1=C[C@]2(C)C3=CC(=O)[C@@H]4[C@@H]5CC(C)(C)CC[C@]5(c5n[nH]c(C)n5)CC[C@@]4(C)[C@]3(C)CC[C@H]2C(C)(C)C1=O. The summed E-state index contributed by atoms with van der Waals surface area (Å²) < 4.78 is 0. The van der Waals surface area contributed by atoms with E-state index in [1.165, 1.54) is 0 Å². The Kier molecular flexibility index (Phi) is 5.33. The number of rotatable bonds is 1. The number of ketones is 2. The molecular formula is C33H44N4O2. The third kappa shape index (κ3) is 3.19. The molecule has 1 N–H and O–H groups in total. The maximum absolute atomic E-state index is 14.6. The van der Waals surface area contributed by atoms with Gasteiger partial charge in [-0.3, -0.25) is 9.89 Å². The first-order valence-electron chi connectivity index (χ1n) is 14.9. The van der Waals surface area contributed by atoms with E-state index in [0.717, 1.165) is 62.2 Å². The van der Waals surface area contributed by atoms with Gasteiger partial charge in [0.15, 0.2) is 17.4 Å². The van der Waals surface area contributed by atoms with E-state index in [0.29, 0.717) is 0 Å². The van der Waals surface area contributed by atoms with Gasteiger partial charge >= 0.3 is 0 Å². The highest BCUT2D eigenvalue weighted by atomic mass is 16.1. The molecule has 3 fully saturated rings. The van der Waals surface area contributed by atoms with E-state index in [4.69, 9.17) is 16.7 Å². The summed E-state index contributed by atoms with van der Waals surface area (Å²) in [6, 6.07) is 0. The van der Waals surface area contributed by atoms with Gasteiger partial charge in [-0.15, -0.1) is 0 Å². The minimum absolute atomic E-state index is 0.0518. The molecule has 1 aromatic rings. The number of aryl methyl sites for hydroxylation is 1. The van der Waals surface area contributed by atoms with Crippen LogP contribution in [-0.4, -0.2) is 26.7 Å². The van der Waals surface area contributed by atoms with Crippen LogP contribution in [0.1, 0.15) is 105 Å². The second-order valence-electron chi connectivity index (χ2n) is 15.6. The van der Waals surface area contributed by atoms with Crippen molar-refractivity contribution in [2.45, 2.75) is 106 Å². The molecule has 5 aliphatic rings. The topological polar surface area (TPSA) is 80.1 Å². The molecule has 0 unspecified atom stereocenters. The van der Waals surface area contributed by atoms with Crippen molar-refractivity contribution in [1.29, 1.82) is 0 Å². The first-order valence-corrected chi connectivity index (χ1v) is 14.9. The monoisotopic (exact) mass is 528 g/mol. The van der Waals surface area contributed by atoms with Crippen molar-refractivity contribution in [1.82, 2.24) is 15.2 Å². The fourth-order valence-corrected chi connectivity index (χ4v) is 10.6. The highest BCUT2D eigenvalue weighted by Crippen LogP contribution is 2.74. The van der Waals surface area contributed by atoms with Crippen molar-refractivity contribution >= 4 is 11.6 Å². The molecule has 0 spiro atoms. The van der Waals surface area contributed by atoms with Gasteiger partial charge in [-0.05, 0) is 86.0 Å². The quantitative estimate of drug-likeness (QED) is 0.401. The minimum atomic E-state index is -0.634. The molecule has 6 rings (SSSR count). The standard InChI is InChI=1S/C33H44N4O2/c1-19-35-27(37-36-19)33-14-12-28(2,3)17-20(33)25-22(38)16-24-30(6)18-21(34-9)26(39)29(4,5)23(30)10-11-31(24,7)32(25,8)13-15-33/h16,18,20,23,25H,10-15,17H2,1-8H3,(H,35,36,37)/t20-,23-,25-,30-,31+,32+,33-/m0/s1. The van der Waals surface area contributed by atoms with E-state index >= 15 is 0 Å². The lowest BCUT2D eigenvalue weighted by molar-refractivity contribution is -0.160. The highest BCUT2D eigenvalue weighted by molar-refractivity contribution is 6.03. The summed E-state index contributed by atoms with van der Waals surface area (Å²) in [7, 11) is 0. The first kappa shape index (κ1) is 26.7. The van der Waals surface area contributed by atoms with Crippen molar-refractivity contribution < 1.29 is 9.59 Å². The minimum Gasteiger partial charge on any atom is -0.307 e. The number of hydrogen-bond donors (Lipinski definition) is 1. The van der Waals surface area contributed by atoms with Gasteiger partial charge in [0, 0.05) is 22.2 Å². The fraction of sp³-hybridized carbons (Fsp3) is 0.727. The zero-order valence-electron chi connectivity index (χ0n) is 25.0. The van der Waals surface area contributed by atoms with E-state index in [1.54, 1.807) is 0 Å². The second kappa shape index (κ2) is 7.80. The number of aromatic amines is 1. The largest absolute Gasteiger partial charge is 0.307 e. The van der Waals surface area contributed by atoms with E-state index in [2.05, 4.69) is 44.6 Å². The van der Waals surface area contributed by atoms with Gasteiger partial charge < -0.3 is 4.79 Å². The Morgan fingerprint density at radius 1 is 1.00 bits per heavy atom. The zero-order valence-corrected chi connectivity index (χ0v) is 25.0. The number of carbonyl (C=O) groups excluding carboxylic acids is 2. The summed E-state index contributed by atoms with van der Waals surface area (Å²) in [5.41, 5.74) is -0.159. The molecule has 0 saturated heterocycles. The lowest BCUT2D eigenvalue weighted by atomic mass is 9.34. The molecule has 0 aliphatic heterocycles. The lowest BCUT2D eigenvalue weighted by Gasteiger charge is -2.69. The molecule has 1 heterocycles. The molecule has 6 nitrogen and oxygen atoms in total. The molecule has 7 atom stereocenters. The molecule has 6 heteroatoms. The van der Waals surface area contributed by atoms with Crippen LogP contribution in [0.15, 0.2) is 23.4 Å². The number of H-pyrrole nitrogens is 1. The van der Waals surface area contributed by atoms with Crippen LogP contribution >= 0.6 is 0 Å². The predicted molar refractivity (Wildman–Crippen MR) is 150 cm³/mol. The Labute approximate surface area is 233 Å². The highest BCUT2D eigenvalue weighted by Gasteiger charge is 2.70. The summed E-state index contributed by atoms with van der Waals surface area (Å²) >= 11 is 0. The van der Waals surface area contributed by atoms with Crippen LogP contribution in [0.3, 0.4) is 0 Å². The smallest absolute Gasteiger partial charge is 0.226 e. The third-order valence-corrected chi connectivity index (χ3v) is 12.9. The molecule has 39 heavy (non-hydrogen) atoms. The molecule has 0 radical (unpaired) electrons. The lowest BCUT2D eigenvalue weighted by Crippen LogP contribution is -2.65. The van der Waals surface area contributed by atoms with Gasteiger partial charge in [-0.25, -0.2) is 9.83 Å². The molecule has 208 valence electrons. The zero-order chi connectivity index (χ0) is 28.4. The number of aromatic nitrogens is 3. The van der Waals surface area contributed by atoms with Gasteiger partial charge in [-0.1, -0.05) is 60.1 Å². The number of carbonyl (C=O) groups is 2. The van der Waals surface area contributed by atoms with E-state index in [1.807, 2.05) is 32.9 Å². The number of hydrogen-bond acceptors (Lipinski definition) is 4. The van der Waals surface area contributed by atoms with Crippen LogP contribution in [-0.2, 0) is 15.0 Å². The Hall–Kier alpha value is -2.55. The number of Topliss-reactive ketones (excluding diaryl/α,β-unsaturated/α-hetero) is 1. The normalized spacial score (nSPS) is 44.1. The molecule has 0 bridgehead atoms. The maximum atomic E-state index is 14.6. The number of allylic oxidation sites excluding steroid dienone is 4. The van der Waals surface area contributed by atoms with Crippen molar-refractivity contribution in [3.63, 3.8) is 0 Å². The Balaban J connectivity index is 1.54. The Morgan fingerprint density at radius 2 is 1.69 bits per heavy atom. The molecule has 0 aromatic carbocycles.